The lowest BCUT2D eigenvalue weighted by molar-refractivity contribution is -0.0923. The van der Waals surface area contributed by atoms with E-state index in [-0.39, 0.29) is 5.41 Å². The Morgan fingerprint density at radius 3 is 2.94 bits per heavy atom. The van der Waals surface area contributed by atoms with Gasteiger partial charge < -0.3 is 10.1 Å². The van der Waals surface area contributed by atoms with Gasteiger partial charge in [-0.25, -0.2) is 4.98 Å². The smallest absolute Gasteiger partial charge is 0.202 e. The molecule has 0 amide bonds. The second-order valence-corrected chi connectivity index (χ2v) is 7.17. The molecule has 1 N–H and O–H groups in total. The van der Waals surface area contributed by atoms with E-state index in [2.05, 4.69) is 28.5 Å². The molecule has 2 saturated carbocycles. The third-order valence-corrected chi connectivity index (χ3v) is 5.42. The summed E-state index contributed by atoms with van der Waals surface area (Å²) in [5.41, 5.74) is 0.215. The summed E-state index contributed by atoms with van der Waals surface area (Å²) < 4.78 is 10.3. The van der Waals surface area contributed by atoms with Crippen LogP contribution in [0.5, 0.6) is 0 Å². The largest absolute Gasteiger partial charge is 0.377 e. The molecule has 5 heteroatoms. The standard InChI is InChI=1S/C13H19N3OS/c1-13(2)9(8-5-6-17-10(8)13)14-12-15-11(16-18-12)7-3-4-7/h7-10H,3-6H2,1-2H3,(H,14,15,16)/t8-,9-,10+/m1/s1. The SMILES string of the molecule is CC1(C)[C@H](Nc2nc(C3CC3)ns2)[C@H]2CCO[C@@H]21. The number of hydrogen-bond acceptors (Lipinski definition) is 5. The fourth-order valence-electron chi connectivity index (χ4n) is 3.55. The number of nitrogens with one attached hydrogen (secondary N) is 1. The third-order valence-electron chi connectivity index (χ3n) is 4.76. The van der Waals surface area contributed by atoms with Crippen molar-refractivity contribution in [3.8, 4) is 0 Å². The van der Waals surface area contributed by atoms with Gasteiger partial charge in [0.2, 0.25) is 5.13 Å². The van der Waals surface area contributed by atoms with Crippen LogP contribution in [0, 0.1) is 11.3 Å². The van der Waals surface area contributed by atoms with Crippen molar-refractivity contribution in [3.05, 3.63) is 5.82 Å². The topological polar surface area (TPSA) is 47.0 Å². The van der Waals surface area contributed by atoms with E-state index in [4.69, 9.17) is 4.74 Å². The van der Waals surface area contributed by atoms with Crippen molar-refractivity contribution >= 4 is 16.7 Å². The second-order valence-electron chi connectivity index (χ2n) is 6.42. The third kappa shape index (κ3) is 1.53. The van der Waals surface area contributed by atoms with Gasteiger partial charge in [0.25, 0.3) is 0 Å². The summed E-state index contributed by atoms with van der Waals surface area (Å²) in [6.07, 6.45) is 4.15. The van der Waals surface area contributed by atoms with Crippen molar-refractivity contribution in [2.24, 2.45) is 11.3 Å². The summed E-state index contributed by atoms with van der Waals surface area (Å²) in [5.74, 6) is 2.36. The highest BCUT2D eigenvalue weighted by molar-refractivity contribution is 7.09. The van der Waals surface area contributed by atoms with E-state index >= 15 is 0 Å². The number of rotatable bonds is 3. The predicted octanol–water partition coefficient (Wildman–Crippen LogP) is 2.64. The normalized spacial score (nSPS) is 37.1. The van der Waals surface area contributed by atoms with E-state index in [0.717, 1.165) is 17.6 Å². The van der Waals surface area contributed by atoms with Gasteiger partial charge in [0.05, 0.1) is 6.10 Å². The molecule has 18 heavy (non-hydrogen) atoms. The van der Waals surface area contributed by atoms with Gasteiger partial charge in [0.15, 0.2) is 0 Å². The fourth-order valence-corrected chi connectivity index (χ4v) is 4.24. The molecule has 3 atom stereocenters. The molecule has 0 spiro atoms. The van der Waals surface area contributed by atoms with Gasteiger partial charge in [-0.15, -0.1) is 0 Å². The van der Waals surface area contributed by atoms with Crippen LogP contribution < -0.4 is 5.32 Å². The van der Waals surface area contributed by atoms with Crippen LogP contribution in [-0.4, -0.2) is 28.1 Å². The maximum atomic E-state index is 5.82. The molecule has 0 bridgehead atoms. The lowest BCUT2D eigenvalue weighted by Gasteiger charge is -2.54. The zero-order valence-electron chi connectivity index (χ0n) is 10.8. The van der Waals surface area contributed by atoms with Gasteiger partial charge >= 0.3 is 0 Å². The summed E-state index contributed by atoms with van der Waals surface area (Å²) in [5, 5.41) is 4.61. The molecule has 1 aromatic rings. The average Bonchev–Trinajstić information content (AvgIpc) is 2.93. The predicted molar refractivity (Wildman–Crippen MR) is 70.9 cm³/mol. The molecule has 3 fully saturated rings. The summed E-state index contributed by atoms with van der Waals surface area (Å²) in [7, 11) is 0. The Balaban J connectivity index is 1.50. The molecular weight excluding hydrogens is 246 g/mol. The Hall–Kier alpha value is -0.680. The van der Waals surface area contributed by atoms with Crippen molar-refractivity contribution in [1.82, 2.24) is 9.36 Å². The van der Waals surface area contributed by atoms with Gasteiger partial charge in [-0.2, -0.15) is 4.37 Å². The van der Waals surface area contributed by atoms with E-state index in [0.29, 0.717) is 24.0 Å². The lowest BCUT2D eigenvalue weighted by Crippen LogP contribution is -2.63. The van der Waals surface area contributed by atoms with Crippen LogP contribution in [0.3, 0.4) is 0 Å². The minimum absolute atomic E-state index is 0.215. The molecule has 2 heterocycles. The highest BCUT2D eigenvalue weighted by atomic mass is 32.1. The maximum absolute atomic E-state index is 5.82. The van der Waals surface area contributed by atoms with Crippen LogP contribution >= 0.6 is 11.5 Å². The first-order valence-electron chi connectivity index (χ1n) is 6.88. The highest BCUT2D eigenvalue weighted by Crippen LogP contribution is 2.53. The Morgan fingerprint density at radius 1 is 1.33 bits per heavy atom. The molecule has 0 unspecified atom stereocenters. The van der Waals surface area contributed by atoms with Crippen LogP contribution in [0.15, 0.2) is 0 Å². The Kier molecular flexibility index (Phi) is 2.28. The quantitative estimate of drug-likeness (QED) is 0.912. The number of anilines is 1. The van der Waals surface area contributed by atoms with Gasteiger partial charge in [-0.1, -0.05) is 13.8 Å². The Morgan fingerprint density at radius 2 is 2.17 bits per heavy atom. The fraction of sp³-hybridized carbons (Fsp3) is 0.846. The Labute approximate surface area is 111 Å². The number of aromatic nitrogens is 2. The van der Waals surface area contributed by atoms with Gasteiger partial charge in [-0.3, -0.25) is 0 Å². The molecule has 4 rings (SSSR count). The van der Waals surface area contributed by atoms with Gasteiger partial charge in [-0.05, 0) is 19.3 Å². The van der Waals surface area contributed by atoms with E-state index in [9.17, 15) is 0 Å². The molecule has 0 radical (unpaired) electrons. The van der Waals surface area contributed by atoms with Gasteiger partial charge in [0, 0.05) is 41.4 Å². The average molecular weight is 265 g/mol. The lowest BCUT2D eigenvalue weighted by atomic mass is 9.57. The highest BCUT2D eigenvalue weighted by Gasteiger charge is 2.59. The molecule has 1 aliphatic heterocycles. The zero-order valence-corrected chi connectivity index (χ0v) is 11.7. The number of fused-ring (bicyclic) bond motifs is 1. The molecule has 0 aromatic carbocycles. The minimum atomic E-state index is 0.215. The van der Waals surface area contributed by atoms with Crippen molar-refractivity contribution in [3.63, 3.8) is 0 Å². The van der Waals surface area contributed by atoms with Crippen LogP contribution in [-0.2, 0) is 4.74 Å². The van der Waals surface area contributed by atoms with Crippen molar-refractivity contribution in [1.29, 1.82) is 0 Å². The Bertz CT molecular complexity index is 469. The monoisotopic (exact) mass is 265 g/mol. The molecule has 3 aliphatic rings. The molecule has 1 saturated heterocycles. The van der Waals surface area contributed by atoms with Crippen molar-refractivity contribution in [2.75, 3.05) is 11.9 Å². The van der Waals surface area contributed by atoms with E-state index in [1.165, 1.54) is 30.8 Å². The van der Waals surface area contributed by atoms with E-state index in [1.54, 1.807) is 0 Å². The number of hydrogen-bond donors (Lipinski definition) is 1. The first-order valence-corrected chi connectivity index (χ1v) is 7.65. The van der Waals surface area contributed by atoms with Crippen molar-refractivity contribution < 1.29 is 4.74 Å². The molecule has 4 nitrogen and oxygen atoms in total. The van der Waals surface area contributed by atoms with E-state index < -0.39 is 0 Å². The van der Waals surface area contributed by atoms with Crippen LogP contribution in [0.2, 0.25) is 0 Å². The zero-order chi connectivity index (χ0) is 12.3. The molecular formula is C13H19N3OS. The molecule has 98 valence electrons. The first-order chi connectivity index (χ1) is 8.66. The van der Waals surface area contributed by atoms with Gasteiger partial charge in [0.1, 0.15) is 5.82 Å². The number of nitrogens with zero attached hydrogens (tertiary/aromatic N) is 2. The first kappa shape index (κ1) is 11.2. The molecule has 1 aromatic heterocycles. The summed E-state index contributed by atoms with van der Waals surface area (Å²) >= 11 is 1.52. The maximum Gasteiger partial charge on any atom is 0.202 e. The van der Waals surface area contributed by atoms with Crippen molar-refractivity contribution in [2.45, 2.75) is 51.2 Å². The minimum Gasteiger partial charge on any atom is -0.377 e. The molecule has 2 aliphatic carbocycles. The van der Waals surface area contributed by atoms with E-state index in [1.807, 2.05) is 0 Å². The summed E-state index contributed by atoms with van der Waals surface area (Å²) in [6, 6.07) is 0.491. The summed E-state index contributed by atoms with van der Waals surface area (Å²) in [6.45, 7) is 5.50. The summed E-state index contributed by atoms with van der Waals surface area (Å²) in [4.78, 5) is 4.63. The van der Waals surface area contributed by atoms with Crippen LogP contribution in [0.4, 0.5) is 5.13 Å². The second kappa shape index (κ2) is 3.67. The van der Waals surface area contributed by atoms with Crippen LogP contribution in [0.1, 0.15) is 44.9 Å². The van der Waals surface area contributed by atoms with Crippen LogP contribution in [0.25, 0.3) is 0 Å². The number of ether oxygens (including phenoxy) is 1.